The van der Waals surface area contributed by atoms with Crippen LogP contribution >= 0.6 is 22.9 Å². The van der Waals surface area contributed by atoms with E-state index in [-0.39, 0.29) is 24.3 Å². The molecule has 4 nitrogen and oxygen atoms in total. The first-order valence-corrected chi connectivity index (χ1v) is 13.6. The van der Waals surface area contributed by atoms with Crippen molar-refractivity contribution in [2.45, 2.75) is 44.3 Å². The van der Waals surface area contributed by atoms with Gasteiger partial charge in [0.1, 0.15) is 10.7 Å². The number of halogens is 2. The molecule has 0 radical (unpaired) electrons. The lowest BCUT2D eigenvalue weighted by molar-refractivity contribution is 0.0604. The maximum Gasteiger partial charge on any atom is 0.266 e. The van der Waals surface area contributed by atoms with Crippen molar-refractivity contribution in [2.24, 2.45) is 0 Å². The van der Waals surface area contributed by atoms with Crippen LogP contribution < -0.4 is 5.32 Å². The van der Waals surface area contributed by atoms with Gasteiger partial charge in [-0.1, -0.05) is 48.0 Å². The van der Waals surface area contributed by atoms with Gasteiger partial charge in [0.2, 0.25) is 0 Å². The number of thiophene rings is 1. The smallest absolute Gasteiger partial charge is 0.266 e. The summed E-state index contributed by atoms with van der Waals surface area (Å²) in [4.78, 5) is 16.3. The Labute approximate surface area is 225 Å². The van der Waals surface area contributed by atoms with Crippen molar-refractivity contribution in [3.05, 3.63) is 93.6 Å². The van der Waals surface area contributed by atoms with Gasteiger partial charge >= 0.3 is 0 Å². The maximum absolute atomic E-state index is 15.2. The van der Waals surface area contributed by atoms with Gasteiger partial charge in [-0.25, -0.2) is 4.39 Å². The van der Waals surface area contributed by atoms with E-state index in [0.29, 0.717) is 27.1 Å². The molecule has 1 heterocycles. The summed E-state index contributed by atoms with van der Waals surface area (Å²) >= 11 is 8.09. The number of hydrogen-bond donors (Lipinski definition) is 1. The van der Waals surface area contributed by atoms with E-state index in [9.17, 15) is 10.1 Å². The molecule has 1 fully saturated rings. The number of carbonyl (C=O) groups excluding carboxylic acids is 1. The van der Waals surface area contributed by atoms with E-state index in [4.69, 9.17) is 11.6 Å². The Bertz CT molecular complexity index is 1490. The second kappa shape index (κ2) is 11.0. The van der Waals surface area contributed by atoms with Crippen molar-refractivity contribution in [1.29, 1.82) is 5.26 Å². The molecule has 0 aliphatic heterocycles. The third-order valence-electron chi connectivity index (χ3n) is 7.25. The SMILES string of the molecule is CN[C@H]1CC[C@H](N(Cc2cc(-c3cccc(C#N)c3)ccc2F)C(=O)c2sc3ccccc3c2Cl)CC1. The molecule has 1 saturated carbocycles. The second-order valence-corrected chi connectivity index (χ2v) is 10.9. The lowest BCUT2D eigenvalue weighted by Gasteiger charge is -2.37. The normalized spacial score (nSPS) is 17.5. The summed E-state index contributed by atoms with van der Waals surface area (Å²) in [6.45, 7) is 0.149. The van der Waals surface area contributed by atoms with Gasteiger partial charge in [-0.3, -0.25) is 4.79 Å². The summed E-state index contributed by atoms with van der Waals surface area (Å²) < 4.78 is 16.1. The third-order valence-corrected chi connectivity index (χ3v) is 8.91. The summed E-state index contributed by atoms with van der Waals surface area (Å²) in [7, 11) is 1.97. The number of nitrogens with one attached hydrogen (secondary N) is 1. The minimum absolute atomic E-state index is 0.0108. The zero-order chi connectivity index (χ0) is 25.9. The topological polar surface area (TPSA) is 56.1 Å². The van der Waals surface area contributed by atoms with Crippen LogP contribution in [0.1, 0.15) is 46.5 Å². The first-order valence-electron chi connectivity index (χ1n) is 12.4. The summed E-state index contributed by atoms with van der Waals surface area (Å²) in [6.07, 6.45) is 3.58. The van der Waals surface area contributed by atoms with E-state index in [0.717, 1.165) is 46.9 Å². The van der Waals surface area contributed by atoms with Crippen LogP contribution in [0.25, 0.3) is 21.2 Å². The molecule has 188 valence electrons. The first-order chi connectivity index (χ1) is 18.0. The van der Waals surface area contributed by atoms with Crippen molar-refractivity contribution >= 4 is 38.9 Å². The van der Waals surface area contributed by atoms with Crippen molar-refractivity contribution in [3.8, 4) is 17.2 Å². The van der Waals surface area contributed by atoms with E-state index in [1.807, 2.05) is 48.3 Å². The van der Waals surface area contributed by atoms with E-state index in [1.165, 1.54) is 17.4 Å². The number of benzene rings is 3. The predicted octanol–water partition coefficient (Wildman–Crippen LogP) is 7.41. The maximum atomic E-state index is 15.2. The molecule has 1 aliphatic carbocycles. The van der Waals surface area contributed by atoms with Crippen molar-refractivity contribution in [2.75, 3.05) is 7.05 Å². The molecule has 5 rings (SSSR count). The Morgan fingerprint density at radius 3 is 2.57 bits per heavy atom. The molecule has 1 aliphatic rings. The fraction of sp³-hybridized carbons (Fsp3) is 0.267. The molecule has 1 N–H and O–H groups in total. The number of nitriles is 1. The Morgan fingerprint density at radius 1 is 1.08 bits per heavy atom. The molecule has 0 bridgehead atoms. The molecular weight excluding hydrogens is 505 g/mol. The molecule has 1 aromatic heterocycles. The molecule has 0 atom stereocenters. The molecule has 0 spiro atoms. The van der Waals surface area contributed by atoms with Gasteiger partial charge in [-0.2, -0.15) is 5.26 Å². The molecule has 0 saturated heterocycles. The second-order valence-electron chi connectivity index (χ2n) is 9.47. The molecule has 37 heavy (non-hydrogen) atoms. The Kier molecular flexibility index (Phi) is 7.57. The highest BCUT2D eigenvalue weighted by atomic mass is 35.5. The lowest BCUT2D eigenvalue weighted by Crippen LogP contribution is -2.44. The highest BCUT2D eigenvalue weighted by Gasteiger charge is 2.32. The summed E-state index contributed by atoms with van der Waals surface area (Å²) in [5, 5.41) is 13.9. The number of fused-ring (bicyclic) bond motifs is 1. The van der Waals surface area contributed by atoms with Crippen LogP contribution in [0.5, 0.6) is 0 Å². The molecule has 3 aromatic carbocycles. The van der Waals surface area contributed by atoms with E-state index in [1.54, 1.807) is 24.3 Å². The van der Waals surface area contributed by atoms with Crippen LogP contribution in [0.3, 0.4) is 0 Å². The highest BCUT2D eigenvalue weighted by molar-refractivity contribution is 7.21. The van der Waals surface area contributed by atoms with Gasteiger partial charge in [0.15, 0.2) is 0 Å². The zero-order valence-corrected chi connectivity index (χ0v) is 22.1. The van der Waals surface area contributed by atoms with Crippen LogP contribution in [0.15, 0.2) is 66.7 Å². The zero-order valence-electron chi connectivity index (χ0n) is 20.5. The Morgan fingerprint density at radius 2 is 1.84 bits per heavy atom. The van der Waals surface area contributed by atoms with Crippen molar-refractivity contribution in [1.82, 2.24) is 10.2 Å². The molecule has 7 heteroatoms. The minimum Gasteiger partial charge on any atom is -0.330 e. The minimum atomic E-state index is -0.357. The van der Waals surface area contributed by atoms with Crippen LogP contribution in [0.2, 0.25) is 5.02 Å². The van der Waals surface area contributed by atoms with Crippen LogP contribution in [0, 0.1) is 17.1 Å². The van der Waals surface area contributed by atoms with Crippen molar-refractivity contribution in [3.63, 3.8) is 0 Å². The summed E-state index contributed by atoms with van der Waals surface area (Å²) in [5.41, 5.74) is 2.63. The molecule has 1 amide bonds. The van der Waals surface area contributed by atoms with E-state index in [2.05, 4.69) is 11.4 Å². The Hall–Kier alpha value is -3.24. The fourth-order valence-electron chi connectivity index (χ4n) is 5.15. The number of nitrogens with zero attached hydrogens (tertiary/aromatic N) is 2. The first kappa shape index (κ1) is 25.4. The lowest BCUT2D eigenvalue weighted by atomic mass is 9.89. The largest absolute Gasteiger partial charge is 0.330 e. The fourth-order valence-corrected chi connectivity index (χ4v) is 6.62. The average Bonchev–Trinajstić information content (AvgIpc) is 3.28. The number of amides is 1. The molecule has 4 aromatic rings. The average molecular weight is 532 g/mol. The van der Waals surface area contributed by atoms with Crippen molar-refractivity contribution < 1.29 is 9.18 Å². The molecule has 0 unspecified atom stereocenters. The van der Waals surface area contributed by atoms with Crippen LogP contribution in [0.4, 0.5) is 4.39 Å². The van der Waals surface area contributed by atoms with Gasteiger partial charge in [-0.15, -0.1) is 11.3 Å². The van der Waals surface area contributed by atoms with Crippen LogP contribution in [-0.2, 0) is 6.54 Å². The van der Waals surface area contributed by atoms with E-state index < -0.39 is 0 Å². The number of rotatable bonds is 6. The third kappa shape index (κ3) is 5.26. The highest BCUT2D eigenvalue weighted by Crippen LogP contribution is 2.38. The predicted molar refractivity (Wildman–Crippen MR) is 148 cm³/mol. The molecular formula is C30H27ClFN3OS. The standard InChI is InChI=1S/C30H27ClFN3OS/c1-34-23-10-12-24(13-11-23)35(30(36)29-28(31)25-7-2-3-8-27(25)37-29)18-22-16-21(9-14-26(22)32)20-6-4-5-19(15-20)17-33/h2-9,14-16,23-24,34H,10-13,18H2,1H3/t23-,24-. The summed E-state index contributed by atoms with van der Waals surface area (Å²) in [6, 6.07) is 22.5. The summed E-state index contributed by atoms with van der Waals surface area (Å²) in [5.74, 6) is -0.514. The number of hydrogen-bond acceptors (Lipinski definition) is 4. The van der Waals surface area contributed by atoms with Crippen LogP contribution in [-0.4, -0.2) is 29.9 Å². The van der Waals surface area contributed by atoms with Gasteiger partial charge in [0, 0.05) is 34.3 Å². The monoisotopic (exact) mass is 531 g/mol. The van der Waals surface area contributed by atoms with E-state index >= 15 is 4.39 Å². The van der Waals surface area contributed by atoms with Gasteiger partial charge in [0.05, 0.1) is 16.7 Å². The Balaban J connectivity index is 1.51. The quantitative estimate of drug-likeness (QED) is 0.282. The van der Waals surface area contributed by atoms with Gasteiger partial charge in [0.25, 0.3) is 5.91 Å². The van der Waals surface area contributed by atoms with Gasteiger partial charge < -0.3 is 10.2 Å². The van der Waals surface area contributed by atoms with Gasteiger partial charge in [-0.05, 0) is 74.2 Å². The number of carbonyl (C=O) groups is 1.